The summed E-state index contributed by atoms with van der Waals surface area (Å²) < 4.78 is 0. The average molecular weight is 1050 g/mol. The Balaban J connectivity index is 1.05. The van der Waals surface area contributed by atoms with Gasteiger partial charge >= 0.3 is 0 Å². The van der Waals surface area contributed by atoms with Crippen LogP contribution >= 0.6 is 102 Å². The van der Waals surface area contributed by atoms with Crippen LogP contribution < -0.4 is 0 Å². The van der Waals surface area contributed by atoms with Crippen molar-refractivity contribution in [2.75, 3.05) is 0 Å². The summed E-state index contributed by atoms with van der Waals surface area (Å²) >= 11 is 17.9. The Morgan fingerprint density at radius 1 is 0.358 bits per heavy atom. The van der Waals surface area contributed by atoms with Crippen molar-refractivity contribution < 1.29 is 0 Å². The van der Waals surface area contributed by atoms with Gasteiger partial charge in [0.05, 0.1) is 0 Å². The first-order chi connectivity index (χ1) is 32.8. The van der Waals surface area contributed by atoms with Gasteiger partial charge in [-0.15, -0.1) is 102 Å². The van der Waals surface area contributed by atoms with Crippen LogP contribution in [0, 0.1) is 6.92 Å². The molecule has 350 valence electrons. The molecule has 0 aromatic carbocycles. The first kappa shape index (κ1) is 49.3. The Hall–Kier alpha value is -2.70. The van der Waals surface area contributed by atoms with Gasteiger partial charge in [-0.05, 0) is 154 Å². The largest absolute Gasteiger partial charge is 0.140 e. The van der Waals surface area contributed by atoms with Gasteiger partial charge < -0.3 is 0 Å². The number of thiophene rings is 9. The maximum absolute atomic E-state index is 2.57. The molecule has 0 spiro atoms. The molecule has 0 nitrogen and oxygen atoms in total. The van der Waals surface area contributed by atoms with Crippen molar-refractivity contribution in [2.24, 2.45) is 0 Å². The third kappa shape index (κ3) is 12.4. The summed E-state index contributed by atoms with van der Waals surface area (Å²) in [5, 5.41) is 0. The zero-order valence-electron chi connectivity index (χ0n) is 39.8. The third-order valence-electron chi connectivity index (χ3n) is 12.7. The van der Waals surface area contributed by atoms with Crippen molar-refractivity contribution in [3.05, 3.63) is 137 Å². The van der Waals surface area contributed by atoms with Gasteiger partial charge in [0.25, 0.3) is 0 Å². The monoisotopic (exact) mass is 1050 g/mol. The van der Waals surface area contributed by atoms with Crippen LogP contribution in [0.3, 0.4) is 0 Å². The maximum Gasteiger partial charge on any atom is 0.0491 e. The van der Waals surface area contributed by atoms with Gasteiger partial charge in [0.2, 0.25) is 0 Å². The fourth-order valence-corrected chi connectivity index (χ4v) is 19.0. The molecule has 0 bridgehead atoms. The average Bonchev–Trinajstić information content (AvgIpc) is 4.18. The predicted octanol–water partition coefficient (Wildman–Crippen LogP) is 22.7. The minimum Gasteiger partial charge on any atom is -0.140 e. The van der Waals surface area contributed by atoms with Gasteiger partial charge in [-0.25, -0.2) is 0 Å². The molecule has 0 aliphatic carbocycles. The lowest BCUT2D eigenvalue weighted by atomic mass is 9.97. The van der Waals surface area contributed by atoms with Crippen molar-refractivity contribution in [1.82, 2.24) is 0 Å². The van der Waals surface area contributed by atoms with E-state index in [0.29, 0.717) is 0 Å². The summed E-state index contributed by atoms with van der Waals surface area (Å²) in [4.78, 5) is 25.7. The minimum atomic E-state index is 0.268. The Labute approximate surface area is 437 Å². The van der Waals surface area contributed by atoms with Gasteiger partial charge in [-0.1, -0.05) is 85.5 Å². The lowest BCUT2D eigenvalue weighted by Gasteiger charge is -2.11. The highest BCUT2D eigenvalue weighted by Gasteiger charge is 2.26. The number of hydrogen-bond donors (Lipinski definition) is 0. The zero-order chi connectivity index (χ0) is 46.1. The Bertz CT molecular complexity index is 2910. The number of rotatable bonds is 25. The second-order valence-electron chi connectivity index (χ2n) is 18.0. The van der Waals surface area contributed by atoms with E-state index >= 15 is 0 Å². The van der Waals surface area contributed by atoms with Gasteiger partial charge in [0.15, 0.2) is 0 Å². The second-order valence-corrected chi connectivity index (χ2v) is 28.3. The Morgan fingerprint density at radius 2 is 0.776 bits per heavy atom. The van der Waals surface area contributed by atoms with Crippen LogP contribution in [-0.2, 0) is 25.7 Å². The molecule has 67 heavy (non-hydrogen) atoms. The molecule has 9 heterocycles. The van der Waals surface area contributed by atoms with Crippen molar-refractivity contribution >= 4 is 102 Å². The highest BCUT2D eigenvalue weighted by molar-refractivity contribution is 7.30. The molecule has 9 aromatic rings. The zero-order valence-corrected chi connectivity index (χ0v) is 47.2. The van der Waals surface area contributed by atoms with Crippen LogP contribution in [0.4, 0.5) is 0 Å². The topological polar surface area (TPSA) is 0 Å². The van der Waals surface area contributed by atoms with Crippen molar-refractivity contribution in [3.8, 4) is 58.5 Å². The molecule has 9 aromatic heterocycles. The van der Waals surface area contributed by atoms with Gasteiger partial charge in [0, 0.05) is 100 Å². The van der Waals surface area contributed by atoms with Gasteiger partial charge in [-0.3, -0.25) is 0 Å². The van der Waals surface area contributed by atoms with Crippen LogP contribution in [0.5, 0.6) is 0 Å². The molecule has 0 fully saturated rings. The Kier molecular flexibility index (Phi) is 17.6. The molecule has 9 heteroatoms. The first-order valence-corrected chi connectivity index (χ1v) is 32.1. The molecule has 0 N–H and O–H groups in total. The fraction of sp³-hybridized carbons (Fsp3) is 0.379. The second kappa shape index (κ2) is 23.9. The van der Waals surface area contributed by atoms with E-state index in [2.05, 4.69) is 132 Å². The lowest BCUT2D eigenvalue weighted by Crippen LogP contribution is -1.94. The standard InChI is InChI=1S/C58H64S9/c1-6-9-12-15-18-41-22-27-47(60-41)48-30-25-44(63-48)35-40-36-55(53-26-21-38(4)59-53)66-57(40)58-45(39(5)46-31-32-51(64-46)49-28-23-42(61-49)19-16-13-10-7-2)37-56(67-58)54-34-33-52(65-54)50-29-24-43(62-50)20-17-14-11-8-3/h21-34,36-37,39H,6-20,35H2,1-5H3. The van der Waals surface area contributed by atoms with Crippen molar-refractivity contribution in [1.29, 1.82) is 0 Å². The predicted molar refractivity (Wildman–Crippen MR) is 311 cm³/mol. The summed E-state index contributed by atoms with van der Waals surface area (Å²) in [7, 11) is 0. The van der Waals surface area contributed by atoms with E-state index in [-0.39, 0.29) is 5.92 Å². The number of hydrogen-bond acceptors (Lipinski definition) is 9. The minimum absolute atomic E-state index is 0.268. The van der Waals surface area contributed by atoms with E-state index < -0.39 is 0 Å². The smallest absolute Gasteiger partial charge is 0.0491 e. The van der Waals surface area contributed by atoms with Crippen LogP contribution in [-0.4, -0.2) is 0 Å². The van der Waals surface area contributed by atoms with Crippen molar-refractivity contribution in [2.45, 2.75) is 143 Å². The lowest BCUT2D eigenvalue weighted by molar-refractivity contribution is 0.670. The van der Waals surface area contributed by atoms with Crippen LogP contribution in [0.2, 0.25) is 0 Å². The van der Waals surface area contributed by atoms with E-state index in [4.69, 9.17) is 0 Å². The van der Waals surface area contributed by atoms with E-state index in [1.54, 1.807) is 0 Å². The molecule has 1 atom stereocenters. The molecule has 0 aliphatic heterocycles. The summed E-state index contributed by atoms with van der Waals surface area (Å²) in [5.41, 5.74) is 2.92. The molecule has 0 aliphatic rings. The van der Waals surface area contributed by atoms with Crippen LogP contribution in [0.1, 0.15) is 151 Å². The summed E-state index contributed by atoms with van der Waals surface area (Å²) in [6.07, 6.45) is 20.3. The van der Waals surface area contributed by atoms with E-state index in [0.717, 1.165) is 6.42 Å². The molecule has 0 amide bonds. The van der Waals surface area contributed by atoms with Crippen LogP contribution in [0.15, 0.2) is 97.1 Å². The summed E-state index contributed by atoms with van der Waals surface area (Å²) in [6.45, 7) is 11.6. The molecule has 0 saturated carbocycles. The maximum atomic E-state index is 2.57. The molecule has 9 rings (SSSR count). The summed E-state index contributed by atoms with van der Waals surface area (Å²) in [5.74, 6) is 0.268. The first-order valence-electron chi connectivity index (χ1n) is 24.7. The Morgan fingerprint density at radius 3 is 1.31 bits per heavy atom. The van der Waals surface area contributed by atoms with E-state index in [1.165, 1.54) is 195 Å². The van der Waals surface area contributed by atoms with Crippen LogP contribution in [0.25, 0.3) is 58.5 Å². The summed E-state index contributed by atoms with van der Waals surface area (Å²) in [6, 6.07) is 38.4. The molecule has 0 radical (unpaired) electrons. The third-order valence-corrected chi connectivity index (χ3v) is 24.0. The van der Waals surface area contributed by atoms with Gasteiger partial charge in [0.1, 0.15) is 0 Å². The van der Waals surface area contributed by atoms with Gasteiger partial charge in [-0.2, -0.15) is 0 Å². The van der Waals surface area contributed by atoms with Crippen molar-refractivity contribution in [3.63, 3.8) is 0 Å². The number of aryl methyl sites for hydroxylation is 4. The highest BCUT2D eigenvalue weighted by Crippen LogP contribution is 2.52. The van der Waals surface area contributed by atoms with E-state index in [9.17, 15) is 0 Å². The number of unbranched alkanes of at least 4 members (excludes halogenated alkanes) is 9. The quantitative estimate of drug-likeness (QED) is 0.0501. The SMILES string of the molecule is CCCCCCc1ccc(-c2ccc(Cc3cc(-c4ccc(C)s4)sc3-c3sc(-c4ccc(-c5ccc(CCCCCC)s5)s4)cc3C(C)c3ccc(-c4ccc(CCCCCC)s4)s3)s2)s1. The molecular weight excluding hydrogens is 985 g/mol. The normalized spacial score (nSPS) is 12.3. The van der Waals surface area contributed by atoms with E-state index in [1.807, 2.05) is 102 Å². The fourth-order valence-electron chi connectivity index (χ4n) is 8.85. The molecular formula is C58H64S9. The molecule has 1 unspecified atom stereocenters. The highest BCUT2D eigenvalue weighted by atomic mass is 32.1. The molecule has 0 saturated heterocycles.